The Morgan fingerprint density at radius 3 is 3.00 bits per heavy atom. The summed E-state index contributed by atoms with van der Waals surface area (Å²) in [5.41, 5.74) is 0.566. The monoisotopic (exact) mass is 277 g/mol. The maximum Gasteiger partial charge on any atom is 0.258 e. The molecule has 0 aromatic carbocycles. The van der Waals surface area contributed by atoms with Crippen LogP contribution in [0.15, 0.2) is 21.4 Å². The number of furan rings is 1. The van der Waals surface area contributed by atoms with Crippen molar-refractivity contribution in [1.82, 2.24) is 4.90 Å². The summed E-state index contributed by atoms with van der Waals surface area (Å²) < 4.78 is 5.49. The Hall–Kier alpha value is -0.480. The second-order valence-corrected chi connectivity index (χ2v) is 4.58. The highest BCUT2D eigenvalue weighted by molar-refractivity contribution is 9.10. The summed E-state index contributed by atoms with van der Waals surface area (Å²) in [6.45, 7) is 1.35. The molecule has 2 rings (SSSR count). The van der Waals surface area contributed by atoms with E-state index in [9.17, 15) is 4.79 Å². The van der Waals surface area contributed by atoms with Gasteiger partial charge in [0.05, 0.1) is 17.2 Å². The summed E-state index contributed by atoms with van der Waals surface area (Å²) >= 11 is 9.11. The molecule has 14 heavy (non-hydrogen) atoms. The first-order valence-electron chi connectivity index (χ1n) is 4.35. The SMILES string of the molecule is O=C(c1ccoc1Br)N1CCC(Cl)C1. The van der Waals surface area contributed by atoms with E-state index in [-0.39, 0.29) is 11.3 Å². The minimum Gasteiger partial charge on any atom is -0.457 e. The van der Waals surface area contributed by atoms with Gasteiger partial charge >= 0.3 is 0 Å². The van der Waals surface area contributed by atoms with Crippen LogP contribution in [0.25, 0.3) is 0 Å². The van der Waals surface area contributed by atoms with E-state index in [1.54, 1.807) is 11.0 Å². The topological polar surface area (TPSA) is 33.5 Å². The maximum absolute atomic E-state index is 11.9. The van der Waals surface area contributed by atoms with Crippen molar-refractivity contribution < 1.29 is 9.21 Å². The quantitative estimate of drug-likeness (QED) is 0.740. The molecule has 5 heteroatoms. The number of alkyl halides is 1. The zero-order valence-corrected chi connectivity index (χ0v) is 9.71. The third-order valence-electron chi connectivity index (χ3n) is 2.27. The standard InChI is InChI=1S/C9H9BrClNO2/c10-8-7(2-4-14-8)9(13)12-3-1-6(11)5-12/h2,4,6H,1,3,5H2. The van der Waals surface area contributed by atoms with E-state index in [1.807, 2.05) is 0 Å². The van der Waals surface area contributed by atoms with Gasteiger partial charge in [0.25, 0.3) is 5.91 Å². The molecule has 0 radical (unpaired) electrons. The summed E-state index contributed by atoms with van der Waals surface area (Å²) in [6, 6.07) is 1.66. The molecule has 0 spiro atoms. The number of likely N-dealkylation sites (tertiary alicyclic amines) is 1. The molecular weight excluding hydrogens is 269 g/mol. The number of halogens is 2. The number of hydrogen-bond acceptors (Lipinski definition) is 2. The van der Waals surface area contributed by atoms with Crippen molar-refractivity contribution in [3.8, 4) is 0 Å². The van der Waals surface area contributed by atoms with Crippen LogP contribution in [-0.4, -0.2) is 29.3 Å². The Labute approximate surface area is 95.1 Å². The molecule has 0 aliphatic carbocycles. The van der Waals surface area contributed by atoms with Crippen LogP contribution < -0.4 is 0 Å². The van der Waals surface area contributed by atoms with E-state index in [2.05, 4.69) is 15.9 Å². The number of carbonyl (C=O) groups excluding carboxylic acids is 1. The second-order valence-electron chi connectivity index (χ2n) is 3.25. The van der Waals surface area contributed by atoms with Crippen LogP contribution in [0.4, 0.5) is 0 Å². The second kappa shape index (κ2) is 3.95. The molecule has 2 heterocycles. The zero-order chi connectivity index (χ0) is 10.1. The molecule has 1 unspecified atom stereocenters. The molecule has 0 N–H and O–H groups in total. The Balaban J connectivity index is 2.13. The van der Waals surface area contributed by atoms with Crippen LogP contribution in [0.2, 0.25) is 0 Å². The van der Waals surface area contributed by atoms with Crippen LogP contribution in [0.1, 0.15) is 16.8 Å². The van der Waals surface area contributed by atoms with Crippen LogP contribution in [0.3, 0.4) is 0 Å². The first-order chi connectivity index (χ1) is 6.68. The normalized spacial score (nSPS) is 21.6. The van der Waals surface area contributed by atoms with E-state index in [0.29, 0.717) is 16.8 Å². The molecule has 1 aliphatic heterocycles. The van der Waals surface area contributed by atoms with Crippen molar-refractivity contribution in [2.45, 2.75) is 11.8 Å². The van der Waals surface area contributed by atoms with Crippen molar-refractivity contribution in [2.24, 2.45) is 0 Å². The van der Waals surface area contributed by atoms with Crippen LogP contribution in [0.5, 0.6) is 0 Å². The molecule has 76 valence electrons. The van der Waals surface area contributed by atoms with Crippen molar-refractivity contribution in [2.75, 3.05) is 13.1 Å². The van der Waals surface area contributed by atoms with E-state index < -0.39 is 0 Å². The Kier molecular flexibility index (Phi) is 2.83. The first kappa shape index (κ1) is 10.1. The predicted molar refractivity (Wildman–Crippen MR) is 56.6 cm³/mol. The molecule has 1 fully saturated rings. The Bertz CT molecular complexity index is 352. The molecule has 1 aliphatic rings. The van der Waals surface area contributed by atoms with Crippen LogP contribution in [-0.2, 0) is 0 Å². The van der Waals surface area contributed by atoms with Gasteiger partial charge in [0.1, 0.15) is 0 Å². The fourth-order valence-corrected chi connectivity index (χ4v) is 2.19. The lowest BCUT2D eigenvalue weighted by Gasteiger charge is -2.14. The summed E-state index contributed by atoms with van der Waals surface area (Å²) in [5, 5.41) is 0.0876. The molecule has 1 amide bonds. The smallest absolute Gasteiger partial charge is 0.258 e. The van der Waals surface area contributed by atoms with Crippen molar-refractivity contribution in [3.05, 3.63) is 22.6 Å². The molecular formula is C9H9BrClNO2. The third kappa shape index (κ3) is 1.81. The van der Waals surface area contributed by atoms with Crippen molar-refractivity contribution >= 4 is 33.4 Å². The summed E-state index contributed by atoms with van der Waals surface area (Å²) in [4.78, 5) is 13.6. The van der Waals surface area contributed by atoms with Gasteiger partial charge in [-0.05, 0) is 28.4 Å². The van der Waals surface area contributed by atoms with Gasteiger partial charge in [-0.25, -0.2) is 0 Å². The maximum atomic E-state index is 11.9. The highest BCUT2D eigenvalue weighted by Crippen LogP contribution is 2.22. The van der Waals surface area contributed by atoms with E-state index >= 15 is 0 Å². The number of amides is 1. The minimum atomic E-state index is -0.0197. The molecule has 1 aromatic heterocycles. The number of carbonyl (C=O) groups is 1. The molecule has 3 nitrogen and oxygen atoms in total. The van der Waals surface area contributed by atoms with E-state index in [4.69, 9.17) is 16.0 Å². The van der Waals surface area contributed by atoms with Gasteiger partial charge in [-0.1, -0.05) is 0 Å². The number of rotatable bonds is 1. The lowest BCUT2D eigenvalue weighted by Crippen LogP contribution is -2.28. The van der Waals surface area contributed by atoms with Gasteiger partial charge in [0, 0.05) is 13.1 Å². The number of hydrogen-bond donors (Lipinski definition) is 0. The number of nitrogens with zero attached hydrogens (tertiary/aromatic N) is 1. The molecule has 1 atom stereocenters. The molecule has 1 aromatic rings. The van der Waals surface area contributed by atoms with E-state index in [1.165, 1.54) is 6.26 Å². The summed E-state index contributed by atoms with van der Waals surface area (Å²) in [6.07, 6.45) is 2.36. The largest absolute Gasteiger partial charge is 0.457 e. The summed E-state index contributed by atoms with van der Waals surface area (Å²) in [7, 11) is 0. The lowest BCUT2D eigenvalue weighted by molar-refractivity contribution is 0.0791. The van der Waals surface area contributed by atoms with Gasteiger partial charge in [0.2, 0.25) is 0 Å². The minimum absolute atomic E-state index is 0.0197. The highest BCUT2D eigenvalue weighted by atomic mass is 79.9. The van der Waals surface area contributed by atoms with Crippen LogP contribution in [0, 0.1) is 0 Å². The molecule has 0 saturated carbocycles. The fraction of sp³-hybridized carbons (Fsp3) is 0.444. The zero-order valence-electron chi connectivity index (χ0n) is 7.37. The van der Waals surface area contributed by atoms with E-state index in [0.717, 1.165) is 13.0 Å². The van der Waals surface area contributed by atoms with Gasteiger partial charge in [-0.15, -0.1) is 11.6 Å². The van der Waals surface area contributed by atoms with Crippen molar-refractivity contribution in [3.63, 3.8) is 0 Å². The summed E-state index contributed by atoms with van der Waals surface area (Å²) in [5.74, 6) is -0.0197. The fourth-order valence-electron chi connectivity index (χ4n) is 1.52. The highest BCUT2D eigenvalue weighted by Gasteiger charge is 2.27. The Morgan fingerprint density at radius 1 is 1.71 bits per heavy atom. The Morgan fingerprint density at radius 2 is 2.50 bits per heavy atom. The first-order valence-corrected chi connectivity index (χ1v) is 5.58. The average molecular weight is 279 g/mol. The third-order valence-corrected chi connectivity index (χ3v) is 3.24. The predicted octanol–water partition coefficient (Wildman–Crippen LogP) is 2.50. The average Bonchev–Trinajstić information content (AvgIpc) is 2.73. The molecule has 1 saturated heterocycles. The van der Waals surface area contributed by atoms with Gasteiger partial charge in [0.15, 0.2) is 4.67 Å². The van der Waals surface area contributed by atoms with Gasteiger partial charge in [-0.3, -0.25) is 4.79 Å². The van der Waals surface area contributed by atoms with Gasteiger partial charge in [-0.2, -0.15) is 0 Å². The van der Waals surface area contributed by atoms with Crippen molar-refractivity contribution in [1.29, 1.82) is 0 Å². The van der Waals surface area contributed by atoms with Crippen LogP contribution >= 0.6 is 27.5 Å². The molecule has 0 bridgehead atoms. The lowest BCUT2D eigenvalue weighted by atomic mass is 10.3. The van der Waals surface area contributed by atoms with Gasteiger partial charge < -0.3 is 9.32 Å².